The van der Waals surface area contributed by atoms with Crippen LogP contribution in [0, 0.1) is 5.92 Å². The number of aliphatic hydroxyl groups is 1. The molecule has 2 rings (SSSR count). The van der Waals surface area contributed by atoms with E-state index in [1.807, 2.05) is 18.2 Å². The van der Waals surface area contributed by atoms with Gasteiger partial charge in [0, 0.05) is 25.8 Å². The summed E-state index contributed by atoms with van der Waals surface area (Å²) < 4.78 is 10.6. The number of aliphatic hydroxyl groups excluding tert-OH is 1. The Hall–Kier alpha value is -1.26. The van der Waals surface area contributed by atoms with Gasteiger partial charge in [0.05, 0.1) is 14.2 Å². The first kappa shape index (κ1) is 14.2. The monoisotopic (exact) mass is 265 g/mol. The summed E-state index contributed by atoms with van der Waals surface area (Å²) in [7, 11) is 3.34. The number of ether oxygens (including phenoxy) is 2. The molecule has 1 fully saturated rings. The topological polar surface area (TPSA) is 41.9 Å². The summed E-state index contributed by atoms with van der Waals surface area (Å²) >= 11 is 0. The maximum absolute atomic E-state index is 9.27. The fraction of sp³-hybridized carbons (Fsp3) is 0.600. The van der Waals surface area contributed by atoms with E-state index in [9.17, 15) is 5.11 Å². The molecule has 1 aliphatic rings. The zero-order valence-electron chi connectivity index (χ0n) is 11.8. The van der Waals surface area contributed by atoms with E-state index in [1.54, 1.807) is 14.2 Å². The van der Waals surface area contributed by atoms with Crippen molar-refractivity contribution >= 4 is 0 Å². The third kappa shape index (κ3) is 3.85. The van der Waals surface area contributed by atoms with Crippen molar-refractivity contribution in [2.24, 2.45) is 5.92 Å². The Kier molecular flexibility index (Phi) is 5.05. The maximum Gasteiger partial charge on any atom is 0.122 e. The van der Waals surface area contributed by atoms with E-state index in [0.717, 1.165) is 44.0 Å². The second-order valence-electron chi connectivity index (χ2n) is 5.15. The minimum atomic E-state index is 0.290. The molecule has 0 amide bonds. The van der Waals surface area contributed by atoms with E-state index in [0.29, 0.717) is 5.92 Å². The van der Waals surface area contributed by atoms with Gasteiger partial charge in [-0.25, -0.2) is 0 Å². The highest BCUT2D eigenvalue weighted by molar-refractivity contribution is 5.38. The number of piperidine rings is 1. The average Bonchev–Trinajstić information content (AvgIpc) is 2.47. The zero-order valence-corrected chi connectivity index (χ0v) is 11.8. The van der Waals surface area contributed by atoms with Gasteiger partial charge in [-0.1, -0.05) is 0 Å². The molecule has 1 atom stereocenters. The van der Waals surface area contributed by atoms with Crippen LogP contribution in [-0.4, -0.2) is 43.9 Å². The molecule has 0 bridgehead atoms. The van der Waals surface area contributed by atoms with E-state index in [-0.39, 0.29) is 6.61 Å². The van der Waals surface area contributed by atoms with Crippen molar-refractivity contribution in [3.05, 3.63) is 23.8 Å². The van der Waals surface area contributed by atoms with Gasteiger partial charge in [-0.05, 0) is 43.0 Å². The summed E-state index contributed by atoms with van der Waals surface area (Å²) in [6, 6.07) is 5.98. The molecule has 1 aliphatic heterocycles. The van der Waals surface area contributed by atoms with E-state index < -0.39 is 0 Å². The first-order valence-electron chi connectivity index (χ1n) is 6.80. The molecule has 1 unspecified atom stereocenters. The van der Waals surface area contributed by atoms with E-state index in [2.05, 4.69) is 4.90 Å². The molecule has 0 aromatic heterocycles. The number of methoxy groups -OCH3 is 2. The van der Waals surface area contributed by atoms with Gasteiger partial charge in [0.1, 0.15) is 11.5 Å². The lowest BCUT2D eigenvalue weighted by molar-refractivity contribution is 0.116. The first-order chi connectivity index (χ1) is 9.25. The van der Waals surface area contributed by atoms with Crippen LogP contribution in [0.2, 0.25) is 0 Å². The van der Waals surface area contributed by atoms with Gasteiger partial charge < -0.3 is 14.6 Å². The smallest absolute Gasteiger partial charge is 0.122 e. The molecule has 106 valence electrons. The fourth-order valence-corrected chi connectivity index (χ4v) is 2.66. The second kappa shape index (κ2) is 6.78. The van der Waals surface area contributed by atoms with Crippen LogP contribution in [0.25, 0.3) is 0 Å². The minimum Gasteiger partial charge on any atom is -0.497 e. The largest absolute Gasteiger partial charge is 0.497 e. The van der Waals surface area contributed by atoms with E-state index >= 15 is 0 Å². The number of hydrogen-bond donors (Lipinski definition) is 1. The normalized spacial score (nSPS) is 20.3. The SMILES string of the molecule is COc1cc(CN2CCCC(CO)C2)cc(OC)c1. The van der Waals surface area contributed by atoms with Crippen LogP contribution in [0.5, 0.6) is 11.5 Å². The van der Waals surface area contributed by atoms with Crippen molar-refractivity contribution in [2.45, 2.75) is 19.4 Å². The van der Waals surface area contributed by atoms with Crippen molar-refractivity contribution in [1.82, 2.24) is 4.90 Å². The molecule has 4 heteroatoms. The molecule has 0 aliphatic carbocycles. The van der Waals surface area contributed by atoms with Gasteiger partial charge in [0.2, 0.25) is 0 Å². The lowest BCUT2D eigenvalue weighted by atomic mass is 9.98. The first-order valence-corrected chi connectivity index (χ1v) is 6.80. The molecule has 0 saturated carbocycles. The van der Waals surface area contributed by atoms with Gasteiger partial charge in [-0.15, -0.1) is 0 Å². The van der Waals surface area contributed by atoms with Gasteiger partial charge in [-0.2, -0.15) is 0 Å². The van der Waals surface area contributed by atoms with Gasteiger partial charge in [0.15, 0.2) is 0 Å². The molecule has 4 nitrogen and oxygen atoms in total. The Labute approximate surface area is 114 Å². The second-order valence-corrected chi connectivity index (χ2v) is 5.15. The summed E-state index contributed by atoms with van der Waals surface area (Å²) in [6.07, 6.45) is 2.29. The number of benzene rings is 1. The fourth-order valence-electron chi connectivity index (χ4n) is 2.66. The van der Waals surface area contributed by atoms with Crippen molar-refractivity contribution in [3.63, 3.8) is 0 Å². The summed E-state index contributed by atoms with van der Waals surface area (Å²) in [5, 5.41) is 9.27. The lowest BCUT2D eigenvalue weighted by Crippen LogP contribution is -2.36. The van der Waals surface area contributed by atoms with Crippen LogP contribution in [0.15, 0.2) is 18.2 Å². The van der Waals surface area contributed by atoms with Crippen molar-refractivity contribution in [2.75, 3.05) is 33.9 Å². The summed E-state index contributed by atoms with van der Waals surface area (Å²) in [5.41, 5.74) is 1.19. The lowest BCUT2D eigenvalue weighted by Gasteiger charge is -2.31. The molecule has 1 heterocycles. The number of nitrogens with zero attached hydrogens (tertiary/aromatic N) is 1. The van der Waals surface area contributed by atoms with Crippen LogP contribution < -0.4 is 9.47 Å². The van der Waals surface area contributed by atoms with E-state index in [4.69, 9.17) is 9.47 Å². The van der Waals surface area contributed by atoms with Gasteiger partial charge >= 0.3 is 0 Å². The molecule has 1 aromatic carbocycles. The van der Waals surface area contributed by atoms with Crippen LogP contribution in [-0.2, 0) is 6.54 Å². The Balaban J connectivity index is 2.05. The molecular formula is C15H23NO3. The van der Waals surface area contributed by atoms with Crippen molar-refractivity contribution < 1.29 is 14.6 Å². The Morgan fingerprint density at radius 1 is 1.21 bits per heavy atom. The maximum atomic E-state index is 9.27. The predicted octanol–water partition coefficient (Wildman–Crippen LogP) is 1.91. The van der Waals surface area contributed by atoms with Gasteiger partial charge in [0.25, 0.3) is 0 Å². The molecule has 1 aromatic rings. The molecule has 0 radical (unpaired) electrons. The van der Waals surface area contributed by atoms with Crippen LogP contribution in [0.1, 0.15) is 18.4 Å². The summed E-state index contributed by atoms with van der Waals surface area (Å²) in [5.74, 6) is 2.07. The zero-order chi connectivity index (χ0) is 13.7. The van der Waals surface area contributed by atoms with Crippen LogP contribution in [0.3, 0.4) is 0 Å². The van der Waals surface area contributed by atoms with Crippen LogP contribution >= 0.6 is 0 Å². The number of likely N-dealkylation sites (tertiary alicyclic amines) is 1. The van der Waals surface area contributed by atoms with Crippen LogP contribution in [0.4, 0.5) is 0 Å². The third-order valence-corrected chi connectivity index (χ3v) is 3.68. The molecule has 0 spiro atoms. The Bertz CT molecular complexity index is 386. The van der Waals surface area contributed by atoms with Crippen molar-refractivity contribution in [1.29, 1.82) is 0 Å². The Morgan fingerprint density at radius 3 is 2.47 bits per heavy atom. The minimum absolute atomic E-state index is 0.290. The summed E-state index contributed by atoms with van der Waals surface area (Å²) in [4.78, 5) is 2.39. The third-order valence-electron chi connectivity index (χ3n) is 3.68. The molecule has 1 saturated heterocycles. The highest BCUT2D eigenvalue weighted by atomic mass is 16.5. The highest BCUT2D eigenvalue weighted by Gasteiger charge is 2.19. The average molecular weight is 265 g/mol. The number of rotatable bonds is 5. The standard InChI is InChI=1S/C15H23NO3/c1-18-14-6-13(7-15(8-14)19-2)10-16-5-3-4-12(9-16)11-17/h6-8,12,17H,3-5,9-11H2,1-2H3. The molecular weight excluding hydrogens is 242 g/mol. The summed E-state index contributed by atoms with van der Waals surface area (Å²) in [6.45, 7) is 3.23. The Morgan fingerprint density at radius 2 is 1.89 bits per heavy atom. The highest BCUT2D eigenvalue weighted by Crippen LogP contribution is 2.25. The number of hydrogen-bond acceptors (Lipinski definition) is 4. The molecule has 1 N–H and O–H groups in total. The predicted molar refractivity (Wildman–Crippen MR) is 74.6 cm³/mol. The van der Waals surface area contributed by atoms with E-state index in [1.165, 1.54) is 5.56 Å². The quantitative estimate of drug-likeness (QED) is 0.883. The van der Waals surface area contributed by atoms with Crippen molar-refractivity contribution in [3.8, 4) is 11.5 Å². The van der Waals surface area contributed by atoms with Gasteiger partial charge in [-0.3, -0.25) is 4.90 Å². The molecule has 19 heavy (non-hydrogen) atoms.